The minimum absolute atomic E-state index is 0.184. The lowest BCUT2D eigenvalue weighted by atomic mass is 9.85. The van der Waals surface area contributed by atoms with Gasteiger partial charge in [0.1, 0.15) is 0 Å². The van der Waals surface area contributed by atoms with Crippen LogP contribution in [0, 0.1) is 0 Å². The van der Waals surface area contributed by atoms with Gasteiger partial charge in [0.2, 0.25) is 0 Å². The largest absolute Gasteiger partial charge is 0.478 e. The van der Waals surface area contributed by atoms with Gasteiger partial charge in [-0.05, 0) is 23.1 Å². The topological polar surface area (TPSA) is 74.6 Å². The SMILES string of the molecule is CC(C)(C)c1cc(C(=O)O)c(Cl)c(C(=O)O)c1. The summed E-state index contributed by atoms with van der Waals surface area (Å²) in [7, 11) is 0. The maximum atomic E-state index is 11.0. The van der Waals surface area contributed by atoms with E-state index < -0.39 is 11.9 Å². The summed E-state index contributed by atoms with van der Waals surface area (Å²) in [4.78, 5) is 22.0. The van der Waals surface area contributed by atoms with Crippen LogP contribution in [0.5, 0.6) is 0 Å². The van der Waals surface area contributed by atoms with Crippen molar-refractivity contribution in [3.8, 4) is 0 Å². The second-order valence-corrected chi connectivity index (χ2v) is 5.12. The molecule has 0 unspecified atom stereocenters. The highest BCUT2D eigenvalue weighted by Gasteiger charge is 2.23. The lowest BCUT2D eigenvalue weighted by Gasteiger charge is -2.20. The maximum absolute atomic E-state index is 11.0. The van der Waals surface area contributed by atoms with Gasteiger partial charge in [-0.3, -0.25) is 0 Å². The molecule has 0 amide bonds. The number of aromatic carboxylic acids is 2. The van der Waals surface area contributed by atoms with Crippen molar-refractivity contribution < 1.29 is 19.8 Å². The Balaban J connectivity index is 3.59. The Hall–Kier alpha value is -1.55. The summed E-state index contributed by atoms with van der Waals surface area (Å²) >= 11 is 5.76. The molecule has 1 aromatic carbocycles. The number of rotatable bonds is 2. The number of benzene rings is 1. The van der Waals surface area contributed by atoms with Crippen molar-refractivity contribution in [3.63, 3.8) is 0 Å². The van der Waals surface area contributed by atoms with Crippen LogP contribution in [0.15, 0.2) is 12.1 Å². The van der Waals surface area contributed by atoms with Crippen molar-refractivity contribution in [1.82, 2.24) is 0 Å². The Labute approximate surface area is 104 Å². The molecule has 92 valence electrons. The molecule has 0 heterocycles. The molecule has 0 aliphatic carbocycles. The van der Waals surface area contributed by atoms with Crippen molar-refractivity contribution in [2.24, 2.45) is 0 Å². The Morgan fingerprint density at radius 2 is 1.41 bits per heavy atom. The second-order valence-electron chi connectivity index (χ2n) is 4.75. The van der Waals surface area contributed by atoms with E-state index in [4.69, 9.17) is 21.8 Å². The van der Waals surface area contributed by atoms with Gasteiger partial charge in [-0.1, -0.05) is 32.4 Å². The highest BCUT2D eigenvalue weighted by Crippen LogP contribution is 2.30. The lowest BCUT2D eigenvalue weighted by molar-refractivity contribution is 0.0696. The second kappa shape index (κ2) is 4.37. The summed E-state index contributed by atoms with van der Waals surface area (Å²) in [5.74, 6) is -2.47. The third-order valence-electron chi connectivity index (χ3n) is 2.40. The minimum Gasteiger partial charge on any atom is -0.478 e. The van der Waals surface area contributed by atoms with Crippen LogP contribution in [-0.4, -0.2) is 22.2 Å². The molecular weight excluding hydrogens is 244 g/mol. The first kappa shape index (κ1) is 13.5. The molecule has 0 saturated carbocycles. The smallest absolute Gasteiger partial charge is 0.337 e. The molecule has 0 radical (unpaired) electrons. The number of hydrogen-bond acceptors (Lipinski definition) is 2. The maximum Gasteiger partial charge on any atom is 0.337 e. The lowest BCUT2D eigenvalue weighted by Crippen LogP contribution is -2.15. The Morgan fingerprint density at radius 1 is 1.06 bits per heavy atom. The number of hydrogen-bond donors (Lipinski definition) is 2. The molecular formula is C12H13ClO4. The predicted octanol–water partition coefficient (Wildman–Crippen LogP) is 3.03. The highest BCUT2D eigenvalue weighted by atomic mass is 35.5. The first-order valence-corrected chi connectivity index (χ1v) is 5.33. The fourth-order valence-electron chi connectivity index (χ4n) is 1.37. The highest BCUT2D eigenvalue weighted by molar-refractivity contribution is 6.36. The van der Waals surface area contributed by atoms with Crippen LogP contribution in [0.3, 0.4) is 0 Å². The Morgan fingerprint density at radius 3 is 1.65 bits per heavy atom. The molecule has 1 aromatic rings. The summed E-state index contributed by atoms with van der Waals surface area (Å²) in [5, 5.41) is 17.7. The summed E-state index contributed by atoms with van der Waals surface area (Å²) in [6.07, 6.45) is 0. The molecule has 1 rings (SSSR count). The van der Waals surface area contributed by atoms with Gasteiger partial charge in [0.25, 0.3) is 0 Å². The number of carboxylic acid groups (broad SMARTS) is 2. The van der Waals surface area contributed by atoms with Gasteiger partial charge >= 0.3 is 11.9 Å². The average molecular weight is 257 g/mol. The normalized spacial score (nSPS) is 11.3. The molecule has 0 aromatic heterocycles. The molecule has 0 atom stereocenters. The monoisotopic (exact) mass is 256 g/mol. The summed E-state index contributed by atoms with van der Waals surface area (Å²) in [5.41, 5.74) is -0.0939. The van der Waals surface area contributed by atoms with E-state index in [9.17, 15) is 9.59 Å². The van der Waals surface area contributed by atoms with Crippen molar-refractivity contribution in [3.05, 3.63) is 33.8 Å². The molecule has 0 saturated heterocycles. The van der Waals surface area contributed by atoms with E-state index in [0.717, 1.165) is 0 Å². The van der Waals surface area contributed by atoms with Crippen molar-refractivity contribution >= 4 is 23.5 Å². The number of carbonyl (C=O) groups is 2. The standard InChI is InChI=1S/C12H13ClO4/c1-12(2,3)6-4-7(10(14)15)9(13)8(5-6)11(16)17/h4-5H,1-3H3,(H,14,15)(H,16,17). The van der Waals surface area contributed by atoms with Crippen molar-refractivity contribution in [2.75, 3.05) is 0 Å². The van der Waals surface area contributed by atoms with E-state index in [0.29, 0.717) is 5.56 Å². The van der Waals surface area contributed by atoms with E-state index in [-0.39, 0.29) is 21.6 Å². The molecule has 0 fully saturated rings. The van der Waals surface area contributed by atoms with E-state index in [1.54, 1.807) is 0 Å². The molecule has 0 spiro atoms. The predicted molar refractivity (Wildman–Crippen MR) is 64.1 cm³/mol. The Bertz CT molecular complexity index is 451. The van der Waals surface area contributed by atoms with Gasteiger partial charge in [-0.2, -0.15) is 0 Å². The molecule has 5 heteroatoms. The summed E-state index contributed by atoms with van der Waals surface area (Å²) in [6.45, 7) is 5.61. The third kappa shape index (κ3) is 2.77. The van der Waals surface area contributed by atoms with Crippen molar-refractivity contribution in [2.45, 2.75) is 26.2 Å². The number of halogens is 1. The zero-order valence-corrected chi connectivity index (χ0v) is 10.5. The van der Waals surface area contributed by atoms with E-state index in [1.807, 2.05) is 20.8 Å². The molecule has 17 heavy (non-hydrogen) atoms. The van der Waals surface area contributed by atoms with Gasteiger partial charge in [0.15, 0.2) is 0 Å². The van der Waals surface area contributed by atoms with Crippen LogP contribution < -0.4 is 0 Å². The third-order valence-corrected chi connectivity index (χ3v) is 2.81. The van der Waals surface area contributed by atoms with Crippen LogP contribution in [0.25, 0.3) is 0 Å². The van der Waals surface area contributed by atoms with E-state index in [1.165, 1.54) is 12.1 Å². The zero-order chi connectivity index (χ0) is 13.4. The summed E-state index contributed by atoms with van der Waals surface area (Å²) in [6, 6.07) is 2.83. The molecule has 4 nitrogen and oxygen atoms in total. The van der Waals surface area contributed by atoms with Crippen LogP contribution in [0.1, 0.15) is 47.1 Å². The fraction of sp³-hybridized carbons (Fsp3) is 0.333. The Kier molecular flexibility index (Phi) is 3.48. The molecule has 0 aliphatic rings. The fourth-order valence-corrected chi connectivity index (χ4v) is 1.64. The molecule has 2 N–H and O–H groups in total. The van der Waals surface area contributed by atoms with E-state index in [2.05, 4.69) is 0 Å². The molecule has 0 bridgehead atoms. The average Bonchev–Trinajstić information content (AvgIpc) is 2.14. The van der Waals surface area contributed by atoms with Gasteiger partial charge in [-0.25, -0.2) is 9.59 Å². The van der Waals surface area contributed by atoms with Crippen LogP contribution in [-0.2, 0) is 5.41 Å². The minimum atomic E-state index is -1.23. The quantitative estimate of drug-likeness (QED) is 0.853. The van der Waals surface area contributed by atoms with Crippen molar-refractivity contribution in [1.29, 1.82) is 0 Å². The summed E-state index contributed by atoms with van der Waals surface area (Å²) < 4.78 is 0. The van der Waals surface area contributed by atoms with Gasteiger partial charge < -0.3 is 10.2 Å². The van der Waals surface area contributed by atoms with Gasteiger partial charge in [-0.15, -0.1) is 0 Å². The van der Waals surface area contributed by atoms with Crippen LogP contribution in [0.2, 0.25) is 5.02 Å². The number of carboxylic acids is 2. The first-order chi connectivity index (χ1) is 7.64. The first-order valence-electron chi connectivity index (χ1n) is 4.95. The van der Waals surface area contributed by atoms with Gasteiger partial charge in [0.05, 0.1) is 16.1 Å². The van der Waals surface area contributed by atoms with Crippen LogP contribution >= 0.6 is 11.6 Å². The molecule has 0 aliphatic heterocycles. The van der Waals surface area contributed by atoms with Crippen LogP contribution in [0.4, 0.5) is 0 Å². The van der Waals surface area contributed by atoms with Gasteiger partial charge in [0, 0.05) is 0 Å². The van der Waals surface area contributed by atoms with E-state index >= 15 is 0 Å². The zero-order valence-electron chi connectivity index (χ0n) is 9.74.